The van der Waals surface area contributed by atoms with Crippen molar-refractivity contribution in [1.29, 1.82) is 0 Å². The topological polar surface area (TPSA) is 570 Å². The van der Waals surface area contributed by atoms with Crippen molar-refractivity contribution < 1.29 is 107 Å². The molecule has 8 bridgehead atoms. The summed E-state index contributed by atoms with van der Waals surface area (Å²) >= 11 is 0. The first-order chi connectivity index (χ1) is 43.8. The van der Waals surface area contributed by atoms with Crippen molar-refractivity contribution in [3.05, 3.63) is 69.2 Å². The van der Waals surface area contributed by atoms with Crippen molar-refractivity contribution >= 4 is 87.7 Å². The molecule has 2 aromatic rings. The minimum absolute atomic E-state index is 0. The van der Waals surface area contributed by atoms with Gasteiger partial charge in [0.15, 0.2) is 6.23 Å². The number of nitrogens with one attached hydrogen (secondary N) is 1. The van der Waals surface area contributed by atoms with E-state index in [4.69, 9.17) is 86.0 Å². The van der Waals surface area contributed by atoms with Gasteiger partial charge in [0.25, 0.3) is 7.82 Å². The molecular weight excluding hydrogens is 1350 g/mol. The standard InChI is InChI=1S/C62H90N13O14P.Co.H2O4S.H2O/c1-29-20-39-40(21-30(29)2)75(28-70-39)57-52(84)53(41(27-76)87-57)89-90(85,86)88-31(3)26-69-49(83)18-19-59(8)37(22-46(66)80)56-62(11)61(10,25-48(68)82)36(14-17-45(65)79)51(74-62)33(5)55-60(9,24-47(67)81)34(12-15-43(63)77)38(71-55)23-42-58(6,7)35(13-16-44(64)78)50(72-42)32(4)54(59)73-56;;1-5(2,3)4;/h20-21,23,28,31,34-37,41,52-53,56-57,76,84H,12-19,22,24-27H2,1-11H3,(H15,63,64,65,66,67,68,69,71,72,73,74,77,78,79,80,81,82,83,85,86);;(H2,1,2,3,4);1H2/q;+3;;/p-3/t31-,34-,35-,36-,37+,41-,52-,53-,56-,57+,59-,60+,61+,62+;;;/m1.../s1. The minimum atomic E-state index is -5.32. The van der Waals surface area contributed by atoms with Crippen LogP contribution in [-0.4, -0.2) is 150 Å². The molecule has 2 fully saturated rings. The zero-order chi connectivity index (χ0) is 71.2. The van der Waals surface area contributed by atoms with E-state index in [1.807, 2.05) is 80.5 Å². The predicted octanol–water partition coefficient (Wildman–Crippen LogP) is 2.48. The number of benzene rings is 1. The molecule has 32 nitrogen and oxygen atoms in total. The number of nitrogens with two attached hydrogens (primary N) is 6. The van der Waals surface area contributed by atoms with Crippen molar-refractivity contribution in [2.45, 2.75) is 189 Å². The molecule has 1 aromatic carbocycles. The van der Waals surface area contributed by atoms with Crippen LogP contribution in [0, 0.1) is 59.2 Å². The number of aliphatic hydroxyl groups is 2. The van der Waals surface area contributed by atoms with Gasteiger partial charge in [0.1, 0.15) is 18.3 Å². The van der Waals surface area contributed by atoms with Gasteiger partial charge in [0.2, 0.25) is 41.4 Å². The molecule has 6 aliphatic rings. The number of aliphatic imine (C=N–C) groups is 3. The number of phosphoric ester groups is 1. The number of primary amides is 6. The van der Waals surface area contributed by atoms with Gasteiger partial charge in [-0.2, -0.15) is 14.1 Å². The third kappa shape index (κ3) is 17.0. The molecule has 0 spiro atoms. The Morgan fingerprint density at radius 1 is 0.794 bits per heavy atom. The Labute approximate surface area is 572 Å². The van der Waals surface area contributed by atoms with E-state index in [1.54, 1.807) is 6.92 Å². The molecule has 97 heavy (non-hydrogen) atoms. The fraction of sp³-hybridized carbons (Fsp3) is 0.629. The summed E-state index contributed by atoms with van der Waals surface area (Å²) in [5.74, 6) is -7.40. The summed E-state index contributed by atoms with van der Waals surface area (Å²) in [4.78, 5) is 128. The first-order valence-electron chi connectivity index (χ1n) is 31.2. The summed E-state index contributed by atoms with van der Waals surface area (Å²) in [6.45, 7) is 19.0. The molecule has 7 amide bonds. The Balaban J connectivity index is 0.00000234. The van der Waals surface area contributed by atoms with Crippen LogP contribution in [0.15, 0.2) is 67.8 Å². The summed E-state index contributed by atoms with van der Waals surface area (Å²) in [7, 11) is -9.99. The molecule has 0 saturated carbocycles. The van der Waals surface area contributed by atoms with Crippen molar-refractivity contribution in [3.63, 3.8) is 0 Å². The van der Waals surface area contributed by atoms with E-state index >= 15 is 0 Å². The first-order valence-corrected chi connectivity index (χ1v) is 34.1. The molecule has 18 N–H and O–H groups in total. The molecule has 15 atom stereocenters. The van der Waals surface area contributed by atoms with Crippen LogP contribution in [-0.2, 0) is 79.1 Å². The van der Waals surface area contributed by atoms with E-state index in [0.29, 0.717) is 56.4 Å². The van der Waals surface area contributed by atoms with E-state index in [0.717, 1.165) is 11.1 Å². The number of hydrogen-bond acceptors (Lipinski definition) is 21. The molecule has 0 aliphatic carbocycles. The number of hydrogen-bond donors (Lipinski definition) is 11. The fourth-order valence-electron chi connectivity index (χ4n) is 15.3. The van der Waals surface area contributed by atoms with E-state index in [-0.39, 0.29) is 99.4 Å². The number of phosphoric acid groups is 1. The maximum Gasteiger partial charge on any atom is 3.00 e. The molecular formula is C62H91CoN13O19PS. The van der Waals surface area contributed by atoms with Gasteiger partial charge in [0, 0.05) is 108 Å². The number of aromatic nitrogens is 2. The Morgan fingerprint density at radius 2 is 1.35 bits per heavy atom. The predicted molar refractivity (Wildman–Crippen MR) is 348 cm³/mol. The Hall–Kier alpha value is -6.66. The monoisotopic (exact) mass is 1440 g/mol. The number of rotatable bonds is 26. The quantitative estimate of drug-likeness (QED) is 0.0476. The number of aryl methyl sites for hydroxylation is 2. The normalized spacial score (nSPS) is 32.4. The van der Waals surface area contributed by atoms with Crippen LogP contribution in [0.3, 0.4) is 0 Å². The van der Waals surface area contributed by atoms with Gasteiger partial charge in [0.05, 0.1) is 41.3 Å². The van der Waals surface area contributed by atoms with Crippen LogP contribution in [0.25, 0.3) is 16.4 Å². The molecule has 0 radical (unpaired) electrons. The van der Waals surface area contributed by atoms with Crippen LogP contribution < -0.4 is 44.6 Å². The van der Waals surface area contributed by atoms with Crippen LogP contribution in [0.5, 0.6) is 0 Å². The summed E-state index contributed by atoms with van der Waals surface area (Å²) in [5, 5.41) is 30.1. The van der Waals surface area contributed by atoms with E-state index in [2.05, 4.69) is 10.3 Å². The zero-order valence-electron chi connectivity index (χ0n) is 56.1. The van der Waals surface area contributed by atoms with Gasteiger partial charge < -0.3 is 84.0 Å². The summed E-state index contributed by atoms with van der Waals surface area (Å²) in [5.41, 5.74) is 36.7. The first kappa shape index (κ1) is 81.0. The summed E-state index contributed by atoms with van der Waals surface area (Å²) in [6, 6.07) is 2.65. The Bertz CT molecular complexity index is 3810. The Morgan fingerprint density at radius 3 is 1.90 bits per heavy atom. The fourth-order valence-corrected chi connectivity index (χ4v) is 16.4. The SMILES string of the molecule is C/C1=C2/[N-][C@H]([C@H](CC(N)=O)[C@@]2(C)CCC(=O)NC[C@@H](C)OP(=O)([O-])O[C@H]2[C@@H](O)[C@@H](n3cnc4cc(C)c(C)cc43)O[C@@H]2CO)[C@]2(C)N=C(/C(C)=C3N=C(/C=C4N=C1[C@@H](CCC(N)=O)C\4(C)C)[C@@H](CCC(N)=O)[C@]\3(C)CC(N)=O)[C@@H](CCC(N)=O)[C@]2(C)CC(N)=O.O=S(=O)(O)O.[Co+3].[OH-]. The average molecular weight is 1440 g/mol. The maximum atomic E-state index is 14.4. The summed E-state index contributed by atoms with van der Waals surface area (Å²) in [6.07, 6.45) is -4.79. The second-order valence-electron chi connectivity index (χ2n) is 27.4. The average Bonchev–Trinajstić information content (AvgIpc) is 1.53. The number of aliphatic hydroxyl groups excluding tert-OH is 2. The smallest absolute Gasteiger partial charge is 0.870 e. The minimum Gasteiger partial charge on any atom is -0.870 e. The van der Waals surface area contributed by atoms with Crippen LogP contribution in [0.1, 0.15) is 150 Å². The van der Waals surface area contributed by atoms with Crippen LogP contribution in [0.4, 0.5) is 0 Å². The van der Waals surface area contributed by atoms with Gasteiger partial charge in [-0.15, -0.1) is 0 Å². The van der Waals surface area contributed by atoms with Crippen molar-refractivity contribution in [2.24, 2.45) is 94.7 Å². The third-order valence-corrected chi connectivity index (χ3v) is 21.6. The van der Waals surface area contributed by atoms with Crippen molar-refractivity contribution in [1.82, 2.24) is 14.9 Å². The molecule has 35 heteroatoms. The van der Waals surface area contributed by atoms with Gasteiger partial charge in [-0.05, 0) is 119 Å². The van der Waals surface area contributed by atoms with Gasteiger partial charge >= 0.3 is 27.2 Å². The number of fused-ring (bicyclic) bond motifs is 7. The van der Waals surface area contributed by atoms with E-state index < -0.39 is 154 Å². The zero-order valence-corrected chi connectivity index (χ0v) is 58.8. The number of carbonyl (C=O) groups is 7. The molecule has 7 heterocycles. The molecule has 6 aliphatic heterocycles. The van der Waals surface area contributed by atoms with E-state index in [1.165, 1.54) is 17.8 Å². The largest absolute Gasteiger partial charge is 3.00 e. The number of ether oxygens (including phenoxy) is 1. The number of allylic oxidation sites excluding steroid dienone is 6. The number of nitrogens with zero attached hydrogens (tertiary/aromatic N) is 6. The molecule has 1 unspecified atom stereocenters. The van der Waals surface area contributed by atoms with Crippen molar-refractivity contribution in [2.75, 3.05) is 13.2 Å². The van der Waals surface area contributed by atoms with Crippen molar-refractivity contribution in [3.8, 4) is 0 Å². The molecule has 1 aromatic heterocycles. The number of imidazole rings is 1. The second-order valence-corrected chi connectivity index (χ2v) is 29.7. The number of amides is 7. The van der Waals surface area contributed by atoms with E-state index in [9.17, 15) is 53.2 Å². The van der Waals surface area contributed by atoms with Crippen LogP contribution >= 0.6 is 7.82 Å². The second kappa shape index (κ2) is 30.4. The van der Waals surface area contributed by atoms with Gasteiger partial charge in [-0.3, -0.25) is 62.2 Å². The van der Waals surface area contributed by atoms with Crippen LogP contribution in [0.2, 0.25) is 0 Å². The summed E-state index contributed by atoms with van der Waals surface area (Å²) < 4.78 is 63.5. The molecule has 538 valence electrons. The third-order valence-electron chi connectivity index (χ3n) is 20.5. The van der Waals surface area contributed by atoms with Gasteiger partial charge in [-0.1, -0.05) is 40.7 Å². The Kier molecular flexibility index (Phi) is 25.4. The maximum absolute atomic E-state index is 14.4. The van der Waals surface area contributed by atoms with Gasteiger partial charge in [-0.25, -0.2) is 4.98 Å². The number of carbonyl (C=O) groups excluding carboxylic acids is 7. The molecule has 2 saturated heterocycles. The molecule has 8 rings (SSSR count).